The van der Waals surface area contributed by atoms with Gasteiger partial charge in [-0.2, -0.15) is 0 Å². The lowest BCUT2D eigenvalue weighted by molar-refractivity contribution is 0.0672. The van der Waals surface area contributed by atoms with Crippen LogP contribution in [0.5, 0.6) is 0 Å². The number of carbonyl (C=O) groups excluding carboxylic acids is 2. The van der Waals surface area contributed by atoms with Crippen molar-refractivity contribution < 1.29 is 9.59 Å². The van der Waals surface area contributed by atoms with Crippen LogP contribution in [0.2, 0.25) is 5.02 Å². The minimum absolute atomic E-state index is 0.234. The van der Waals surface area contributed by atoms with Gasteiger partial charge in [0.05, 0.1) is 11.1 Å². The van der Waals surface area contributed by atoms with Gasteiger partial charge >= 0.3 is 0 Å². The molecule has 4 rings (SSSR count). The fraction of sp³-hybridized carbons (Fsp3) is 0.0833. The number of amides is 2. The lowest BCUT2D eigenvalue weighted by Crippen LogP contribution is -2.29. The number of allylic oxidation sites excluding steroid dienone is 1. The third-order valence-electron chi connectivity index (χ3n) is 4.98. The monoisotopic (exact) mass is 387 g/mol. The molecule has 3 aromatic carbocycles. The summed E-state index contributed by atoms with van der Waals surface area (Å²) in [6.45, 7) is 2.24. The number of benzene rings is 3. The highest BCUT2D eigenvalue weighted by Gasteiger charge is 2.34. The molecule has 3 aromatic rings. The van der Waals surface area contributed by atoms with Crippen LogP contribution in [0.15, 0.2) is 78.9 Å². The number of carbonyl (C=O) groups is 2. The molecular weight excluding hydrogens is 370 g/mol. The third-order valence-corrected chi connectivity index (χ3v) is 5.23. The van der Waals surface area contributed by atoms with Gasteiger partial charge in [0, 0.05) is 11.6 Å². The van der Waals surface area contributed by atoms with E-state index in [1.807, 2.05) is 49.4 Å². The van der Waals surface area contributed by atoms with Crippen LogP contribution in [-0.4, -0.2) is 23.3 Å². The van der Waals surface area contributed by atoms with E-state index >= 15 is 0 Å². The SMILES string of the molecule is C/C(=C/CN1C(=O)c2ccccc2C1=O)c1ccc(-c2ccc(Cl)cc2)cc1. The first-order chi connectivity index (χ1) is 13.5. The van der Waals surface area contributed by atoms with Crippen LogP contribution in [0.3, 0.4) is 0 Å². The number of halogens is 1. The fourth-order valence-corrected chi connectivity index (χ4v) is 3.44. The van der Waals surface area contributed by atoms with Crippen LogP contribution >= 0.6 is 11.6 Å². The number of imide groups is 1. The van der Waals surface area contributed by atoms with Gasteiger partial charge in [-0.05, 0) is 53.5 Å². The van der Waals surface area contributed by atoms with Crippen molar-refractivity contribution in [2.45, 2.75) is 6.92 Å². The van der Waals surface area contributed by atoms with Crippen LogP contribution < -0.4 is 0 Å². The van der Waals surface area contributed by atoms with Crippen molar-refractivity contribution in [3.05, 3.63) is 101 Å². The summed E-state index contributed by atoms with van der Waals surface area (Å²) in [5.74, 6) is -0.467. The molecule has 1 aliphatic rings. The molecule has 4 heteroatoms. The second-order valence-electron chi connectivity index (χ2n) is 6.74. The smallest absolute Gasteiger partial charge is 0.261 e. The van der Waals surface area contributed by atoms with Gasteiger partial charge in [0.15, 0.2) is 0 Å². The second kappa shape index (κ2) is 7.45. The molecule has 0 bridgehead atoms. The number of rotatable bonds is 4. The third kappa shape index (κ3) is 3.37. The highest BCUT2D eigenvalue weighted by molar-refractivity contribution is 6.30. The Morgan fingerprint density at radius 3 is 1.86 bits per heavy atom. The average Bonchev–Trinajstić information content (AvgIpc) is 2.97. The van der Waals surface area contributed by atoms with Crippen molar-refractivity contribution >= 4 is 29.0 Å². The number of nitrogens with zero attached hydrogens (tertiary/aromatic N) is 1. The van der Waals surface area contributed by atoms with E-state index < -0.39 is 0 Å². The van der Waals surface area contributed by atoms with E-state index in [4.69, 9.17) is 11.6 Å². The first-order valence-electron chi connectivity index (χ1n) is 9.03. The van der Waals surface area contributed by atoms with Crippen molar-refractivity contribution in [1.29, 1.82) is 0 Å². The van der Waals surface area contributed by atoms with Crippen LogP contribution in [0.4, 0.5) is 0 Å². The van der Waals surface area contributed by atoms with E-state index in [0.29, 0.717) is 16.1 Å². The van der Waals surface area contributed by atoms with Gasteiger partial charge in [-0.15, -0.1) is 0 Å². The first-order valence-corrected chi connectivity index (χ1v) is 9.41. The maximum atomic E-state index is 12.4. The van der Waals surface area contributed by atoms with E-state index in [0.717, 1.165) is 22.3 Å². The Labute approximate surface area is 168 Å². The summed E-state index contributed by atoms with van der Waals surface area (Å²) >= 11 is 5.95. The van der Waals surface area contributed by atoms with Crippen molar-refractivity contribution in [2.75, 3.05) is 6.54 Å². The van der Waals surface area contributed by atoms with Crippen LogP contribution in [0.25, 0.3) is 16.7 Å². The lowest BCUT2D eigenvalue weighted by Gasteiger charge is -2.12. The molecule has 1 heterocycles. The molecule has 0 N–H and O–H groups in total. The molecule has 2 amide bonds. The lowest BCUT2D eigenvalue weighted by atomic mass is 10.0. The molecule has 0 unspecified atom stereocenters. The normalized spacial score (nSPS) is 13.8. The Bertz CT molecular complexity index is 1050. The summed E-state index contributed by atoms with van der Waals surface area (Å²) in [5.41, 5.74) is 5.22. The zero-order valence-corrected chi connectivity index (χ0v) is 16.1. The van der Waals surface area contributed by atoms with Gasteiger partial charge in [0.2, 0.25) is 0 Å². The molecule has 0 radical (unpaired) electrons. The summed E-state index contributed by atoms with van der Waals surface area (Å²) in [6.07, 6.45) is 1.92. The fourth-order valence-electron chi connectivity index (χ4n) is 3.32. The van der Waals surface area contributed by atoms with Gasteiger partial charge in [-0.3, -0.25) is 14.5 Å². The molecule has 0 spiro atoms. The van der Waals surface area contributed by atoms with E-state index in [9.17, 15) is 9.59 Å². The molecule has 3 nitrogen and oxygen atoms in total. The highest BCUT2D eigenvalue weighted by atomic mass is 35.5. The molecule has 0 saturated carbocycles. The number of hydrogen-bond donors (Lipinski definition) is 0. The summed E-state index contributed by atoms with van der Waals surface area (Å²) in [5, 5.41) is 0.715. The minimum Gasteiger partial charge on any atom is -0.270 e. The molecule has 0 atom stereocenters. The summed E-state index contributed by atoms with van der Waals surface area (Å²) in [7, 11) is 0. The Kier molecular flexibility index (Phi) is 4.84. The van der Waals surface area contributed by atoms with E-state index in [-0.39, 0.29) is 18.4 Å². The molecule has 0 saturated heterocycles. The van der Waals surface area contributed by atoms with Crippen molar-refractivity contribution in [3.8, 4) is 11.1 Å². The van der Waals surface area contributed by atoms with Crippen LogP contribution in [-0.2, 0) is 0 Å². The Morgan fingerprint density at radius 1 is 0.821 bits per heavy atom. The molecule has 0 fully saturated rings. The molecule has 0 aromatic heterocycles. The van der Waals surface area contributed by atoms with E-state index in [1.165, 1.54) is 4.90 Å². The Hall–Kier alpha value is -3.17. The molecule has 0 aliphatic carbocycles. The van der Waals surface area contributed by atoms with E-state index in [1.54, 1.807) is 24.3 Å². The zero-order valence-electron chi connectivity index (χ0n) is 15.4. The first kappa shape index (κ1) is 18.2. The maximum Gasteiger partial charge on any atom is 0.261 e. The zero-order chi connectivity index (χ0) is 19.7. The predicted molar refractivity (Wildman–Crippen MR) is 112 cm³/mol. The number of hydrogen-bond acceptors (Lipinski definition) is 2. The predicted octanol–water partition coefficient (Wildman–Crippen LogP) is 5.71. The van der Waals surface area contributed by atoms with Crippen molar-refractivity contribution in [2.24, 2.45) is 0 Å². The van der Waals surface area contributed by atoms with Gasteiger partial charge in [0.25, 0.3) is 11.8 Å². The van der Waals surface area contributed by atoms with Gasteiger partial charge in [-0.25, -0.2) is 0 Å². The summed E-state index contributed by atoms with van der Waals surface area (Å²) < 4.78 is 0. The molecule has 28 heavy (non-hydrogen) atoms. The quantitative estimate of drug-likeness (QED) is 0.538. The van der Waals surface area contributed by atoms with E-state index in [2.05, 4.69) is 12.1 Å². The van der Waals surface area contributed by atoms with Gasteiger partial charge in [0.1, 0.15) is 0 Å². The Morgan fingerprint density at radius 2 is 1.32 bits per heavy atom. The average molecular weight is 388 g/mol. The minimum atomic E-state index is -0.234. The molecular formula is C24H18ClNO2. The van der Waals surface area contributed by atoms with Crippen molar-refractivity contribution in [1.82, 2.24) is 4.90 Å². The summed E-state index contributed by atoms with van der Waals surface area (Å²) in [6, 6.07) is 22.9. The van der Waals surface area contributed by atoms with Gasteiger partial charge < -0.3 is 0 Å². The maximum absolute atomic E-state index is 12.4. The largest absolute Gasteiger partial charge is 0.270 e. The van der Waals surface area contributed by atoms with Crippen molar-refractivity contribution in [3.63, 3.8) is 0 Å². The molecule has 1 aliphatic heterocycles. The van der Waals surface area contributed by atoms with Crippen LogP contribution in [0, 0.1) is 0 Å². The summed E-state index contributed by atoms with van der Waals surface area (Å²) in [4.78, 5) is 26.2. The molecule has 138 valence electrons. The highest BCUT2D eigenvalue weighted by Crippen LogP contribution is 2.25. The number of fused-ring (bicyclic) bond motifs is 1. The van der Waals surface area contributed by atoms with Gasteiger partial charge in [-0.1, -0.05) is 66.2 Å². The Balaban J connectivity index is 1.50. The van der Waals surface area contributed by atoms with Crippen LogP contribution in [0.1, 0.15) is 33.2 Å². The topological polar surface area (TPSA) is 37.4 Å². The standard InChI is InChI=1S/C24H18ClNO2/c1-16(14-15-26-23(27)21-4-2-3-5-22(21)24(26)28)17-6-8-18(9-7-17)19-10-12-20(25)13-11-19/h2-14H,15H2,1H3/b16-14-. The second-order valence-corrected chi connectivity index (χ2v) is 7.17.